The zero-order valence-electron chi connectivity index (χ0n) is 9.12. The minimum absolute atomic E-state index is 0.0311. The minimum Gasteiger partial charge on any atom is -0.502 e. The van der Waals surface area contributed by atoms with Crippen LogP contribution in [0.4, 0.5) is 5.69 Å². The zero-order valence-corrected chi connectivity index (χ0v) is 9.12. The van der Waals surface area contributed by atoms with Crippen molar-refractivity contribution >= 4 is 11.7 Å². The first-order valence-electron chi connectivity index (χ1n) is 4.80. The van der Waals surface area contributed by atoms with E-state index >= 15 is 0 Å². The third-order valence-corrected chi connectivity index (χ3v) is 2.00. The molecule has 1 aromatic rings. The molecule has 1 N–H and O–H groups in total. The Morgan fingerprint density at radius 2 is 2.06 bits per heavy atom. The second kappa shape index (κ2) is 5.64. The SMILES string of the molecule is C/C=C(/O)C(=O)OCc1ccc([N+](=O)[O-])cc1. The van der Waals surface area contributed by atoms with Crippen molar-refractivity contribution in [2.75, 3.05) is 0 Å². The first kappa shape index (κ1) is 12.7. The normalized spacial score (nSPS) is 11.0. The van der Waals surface area contributed by atoms with Crippen molar-refractivity contribution in [3.63, 3.8) is 0 Å². The van der Waals surface area contributed by atoms with Gasteiger partial charge in [-0.1, -0.05) is 0 Å². The van der Waals surface area contributed by atoms with Crippen molar-refractivity contribution in [2.45, 2.75) is 13.5 Å². The molecule has 0 aliphatic rings. The summed E-state index contributed by atoms with van der Waals surface area (Å²) in [5.41, 5.74) is 0.573. The van der Waals surface area contributed by atoms with Crippen molar-refractivity contribution in [3.8, 4) is 0 Å². The number of benzene rings is 1. The number of carbonyl (C=O) groups is 1. The Bertz CT molecular complexity index is 449. The van der Waals surface area contributed by atoms with Crippen molar-refractivity contribution in [1.82, 2.24) is 0 Å². The number of nitrogens with zero attached hydrogens (tertiary/aromatic N) is 1. The van der Waals surface area contributed by atoms with Crippen LogP contribution >= 0.6 is 0 Å². The standard InChI is InChI=1S/C11H11NO5/c1-2-10(13)11(14)17-7-8-3-5-9(6-4-8)12(15)16/h2-6,13H,7H2,1H3/b10-2+. The molecule has 0 saturated heterocycles. The highest BCUT2D eigenvalue weighted by molar-refractivity contribution is 5.85. The summed E-state index contributed by atoms with van der Waals surface area (Å²) in [4.78, 5) is 20.9. The van der Waals surface area contributed by atoms with E-state index in [0.29, 0.717) is 5.56 Å². The van der Waals surface area contributed by atoms with E-state index in [9.17, 15) is 14.9 Å². The number of aliphatic hydroxyl groups excluding tert-OH is 1. The summed E-state index contributed by atoms with van der Waals surface area (Å²) < 4.78 is 4.75. The Morgan fingerprint density at radius 3 is 2.53 bits per heavy atom. The Hall–Kier alpha value is -2.37. The molecule has 0 unspecified atom stereocenters. The monoisotopic (exact) mass is 237 g/mol. The summed E-state index contributed by atoms with van der Waals surface area (Å²) in [7, 11) is 0. The van der Waals surface area contributed by atoms with Gasteiger partial charge in [0.1, 0.15) is 6.61 Å². The molecule has 0 radical (unpaired) electrons. The highest BCUT2D eigenvalue weighted by Gasteiger charge is 2.09. The highest BCUT2D eigenvalue weighted by atomic mass is 16.6. The van der Waals surface area contributed by atoms with Crippen LogP contribution in [0.15, 0.2) is 36.1 Å². The van der Waals surface area contributed by atoms with Crippen LogP contribution in [0.5, 0.6) is 0 Å². The largest absolute Gasteiger partial charge is 0.502 e. The number of aliphatic hydroxyl groups is 1. The number of rotatable bonds is 4. The van der Waals surface area contributed by atoms with Gasteiger partial charge in [-0.05, 0) is 30.7 Å². The lowest BCUT2D eigenvalue weighted by atomic mass is 10.2. The third kappa shape index (κ3) is 3.60. The molecule has 0 aromatic heterocycles. The maximum atomic E-state index is 11.1. The molecule has 90 valence electrons. The highest BCUT2D eigenvalue weighted by Crippen LogP contribution is 2.12. The fraction of sp³-hybridized carbons (Fsp3) is 0.182. The van der Waals surface area contributed by atoms with Gasteiger partial charge in [0.15, 0.2) is 5.76 Å². The van der Waals surface area contributed by atoms with Gasteiger partial charge in [-0.3, -0.25) is 10.1 Å². The smallest absolute Gasteiger partial charge is 0.373 e. The quantitative estimate of drug-likeness (QED) is 0.285. The van der Waals surface area contributed by atoms with E-state index in [1.165, 1.54) is 37.3 Å². The van der Waals surface area contributed by atoms with E-state index in [4.69, 9.17) is 9.84 Å². The fourth-order valence-corrected chi connectivity index (χ4v) is 1.05. The van der Waals surface area contributed by atoms with Crippen molar-refractivity contribution < 1.29 is 19.6 Å². The van der Waals surface area contributed by atoms with Gasteiger partial charge in [-0.15, -0.1) is 0 Å². The summed E-state index contributed by atoms with van der Waals surface area (Å²) in [6.45, 7) is 1.46. The van der Waals surface area contributed by atoms with Crippen LogP contribution in [-0.2, 0) is 16.1 Å². The van der Waals surface area contributed by atoms with E-state index in [2.05, 4.69) is 0 Å². The number of carbonyl (C=O) groups excluding carboxylic acids is 1. The number of allylic oxidation sites excluding steroid dienone is 1. The molecule has 1 rings (SSSR count). The van der Waals surface area contributed by atoms with Gasteiger partial charge in [0, 0.05) is 12.1 Å². The Labute approximate surface area is 97.3 Å². The van der Waals surface area contributed by atoms with Crippen LogP contribution in [0.3, 0.4) is 0 Å². The number of nitro benzene ring substituents is 1. The van der Waals surface area contributed by atoms with Gasteiger partial charge in [-0.2, -0.15) is 0 Å². The summed E-state index contributed by atoms with van der Waals surface area (Å²) in [6, 6.07) is 5.60. The predicted octanol–water partition coefficient (Wildman–Crippen LogP) is 2.10. The molecule has 17 heavy (non-hydrogen) atoms. The maximum absolute atomic E-state index is 11.1. The first-order chi connectivity index (χ1) is 8.04. The Morgan fingerprint density at radius 1 is 1.47 bits per heavy atom. The van der Waals surface area contributed by atoms with Crippen LogP contribution in [0, 0.1) is 10.1 Å². The first-order valence-corrected chi connectivity index (χ1v) is 4.80. The van der Waals surface area contributed by atoms with E-state index in [1.807, 2.05) is 0 Å². The molecule has 6 nitrogen and oxygen atoms in total. The van der Waals surface area contributed by atoms with Crippen LogP contribution < -0.4 is 0 Å². The summed E-state index contributed by atoms with van der Waals surface area (Å²) >= 11 is 0. The van der Waals surface area contributed by atoms with E-state index in [-0.39, 0.29) is 12.3 Å². The summed E-state index contributed by atoms with van der Waals surface area (Å²) in [6.07, 6.45) is 1.22. The van der Waals surface area contributed by atoms with Gasteiger partial charge < -0.3 is 9.84 Å². The Kier molecular flexibility index (Phi) is 4.21. The van der Waals surface area contributed by atoms with Crippen LogP contribution in [0.25, 0.3) is 0 Å². The lowest BCUT2D eigenvalue weighted by molar-refractivity contribution is -0.384. The van der Waals surface area contributed by atoms with E-state index in [0.717, 1.165) is 0 Å². The molecular weight excluding hydrogens is 226 g/mol. The molecule has 0 aliphatic carbocycles. The predicted molar refractivity (Wildman–Crippen MR) is 59.3 cm³/mol. The lowest BCUT2D eigenvalue weighted by Gasteiger charge is -2.03. The maximum Gasteiger partial charge on any atom is 0.373 e. The average molecular weight is 237 g/mol. The molecule has 0 spiro atoms. The molecule has 1 aromatic carbocycles. The molecule has 0 aliphatic heterocycles. The second-order valence-corrected chi connectivity index (χ2v) is 3.17. The molecule has 0 bridgehead atoms. The molecular formula is C11H11NO5. The van der Waals surface area contributed by atoms with E-state index < -0.39 is 16.7 Å². The number of hydrogen-bond acceptors (Lipinski definition) is 5. The number of hydrogen-bond donors (Lipinski definition) is 1. The lowest BCUT2D eigenvalue weighted by Crippen LogP contribution is -2.07. The van der Waals surface area contributed by atoms with Gasteiger partial charge in [-0.25, -0.2) is 4.79 Å². The van der Waals surface area contributed by atoms with Crippen LogP contribution in [-0.4, -0.2) is 16.0 Å². The zero-order chi connectivity index (χ0) is 12.8. The van der Waals surface area contributed by atoms with Crippen molar-refractivity contribution in [1.29, 1.82) is 0 Å². The van der Waals surface area contributed by atoms with Gasteiger partial charge in [0.2, 0.25) is 0 Å². The molecule has 0 heterocycles. The molecule has 0 fully saturated rings. The topological polar surface area (TPSA) is 89.7 Å². The van der Waals surface area contributed by atoms with Crippen molar-refractivity contribution in [2.24, 2.45) is 0 Å². The van der Waals surface area contributed by atoms with Crippen LogP contribution in [0.2, 0.25) is 0 Å². The average Bonchev–Trinajstić information content (AvgIpc) is 2.35. The van der Waals surface area contributed by atoms with Crippen LogP contribution in [0.1, 0.15) is 12.5 Å². The molecule has 0 saturated carbocycles. The van der Waals surface area contributed by atoms with E-state index in [1.54, 1.807) is 0 Å². The number of ether oxygens (including phenoxy) is 1. The third-order valence-electron chi connectivity index (χ3n) is 2.00. The number of non-ortho nitro benzene ring substituents is 1. The van der Waals surface area contributed by atoms with Gasteiger partial charge >= 0.3 is 5.97 Å². The van der Waals surface area contributed by atoms with Gasteiger partial charge in [0.25, 0.3) is 5.69 Å². The second-order valence-electron chi connectivity index (χ2n) is 3.17. The molecule has 0 atom stereocenters. The molecule has 0 amide bonds. The number of nitro groups is 1. The molecule has 6 heteroatoms. The Balaban J connectivity index is 2.59. The summed E-state index contributed by atoms with van der Waals surface area (Å²) in [5, 5.41) is 19.4. The van der Waals surface area contributed by atoms with Crippen molar-refractivity contribution in [3.05, 3.63) is 51.8 Å². The summed E-state index contributed by atoms with van der Waals surface area (Å²) in [5.74, 6) is -1.29. The fourth-order valence-electron chi connectivity index (χ4n) is 1.05. The van der Waals surface area contributed by atoms with Gasteiger partial charge in [0.05, 0.1) is 4.92 Å². The minimum atomic E-state index is -0.828. The number of esters is 1.